The van der Waals surface area contributed by atoms with E-state index in [1.807, 2.05) is 11.9 Å². The lowest BCUT2D eigenvalue weighted by atomic mass is 10.0. The summed E-state index contributed by atoms with van der Waals surface area (Å²) in [5.74, 6) is -0.117. The van der Waals surface area contributed by atoms with Gasteiger partial charge in [0.25, 0.3) is 0 Å². The van der Waals surface area contributed by atoms with Crippen LogP contribution in [0.5, 0.6) is 0 Å². The van der Waals surface area contributed by atoms with E-state index < -0.39 is 0 Å². The smallest absolute Gasteiger partial charge is 0.223 e. The Labute approximate surface area is 60.3 Å². The molecule has 1 fully saturated rings. The fourth-order valence-electron chi connectivity index (χ4n) is 1.01. The lowest BCUT2D eigenvalue weighted by Crippen LogP contribution is -2.57. The number of hydrogen-bond acceptors (Lipinski definition) is 3. The average molecular weight is 143 g/mol. The Morgan fingerprint density at radius 1 is 1.80 bits per heavy atom. The van der Waals surface area contributed by atoms with Crippen LogP contribution in [0.25, 0.3) is 0 Å². The molecule has 0 atom stereocenters. The Balaban J connectivity index is 2.12. The van der Waals surface area contributed by atoms with Gasteiger partial charge in [-0.25, -0.2) is 5.01 Å². The zero-order chi connectivity index (χ0) is 7.56. The number of primary amides is 1. The molecule has 1 saturated heterocycles. The van der Waals surface area contributed by atoms with Crippen LogP contribution in [0.4, 0.5) is 0 Å². The lowest BCUT2D eigenvalue weighted by Gasteiger charge is -2.37. The topological polar surface area (TPSA) is 58.4 Å². The number of nitrogens with two attached hydrogens (primary N) is 1. The number of nitrogens with one attached hydrogen (secondary N) is 1. The molecule has 0 radical (unpaired) electrons. The first-order valence-electron chi connectivity index (χ1n) is 3.51. The van der Waals surface area contributed by atoms with E-state index in [0.29, 0.717) is 0 Å². The summed E-state index contributed by atoms with van der Waals surface area (Å²) in [7, 11) is 0. The number of rotatable bonds is 3. The van der Waals surface area contributed by atoms with Crippen molar-refractivity contribution < 1.29 is 4.79 Å². The molecule has 1 rings (SSSR count). The van der Waals surface area contributed by atoms with Crippen molar-refractivity contribution in [2.24, 2.45) is 11.7 Å². The minimum atomic E-state index is -0.186. The first-order valence-corrected chi connectivity index (χ1v) is 3.51. The van der Waals surface area contributed by atoms with Gasteiger partial charge in [-0.1, -0.05) is 6.92 Å². The SMILES string of the molecule is CCNN1CC(C(N)=O)C1. The van der Waals surface area contributed by atoms with Crippen molar-refractivity contribution in [2.45, 2.75) is 6.92 Å². The summed E-state index contributed by atoms with van der Waals surface area (Å²) in [6.07, 6.45) is 0. The van der Waals surface area contributed by atoms with Gasteiger partial charge in [0.05, 0.1) is 5.92 Å². The van der Waals surface area contributed by atoms with E-state index in [9.17, 15) is 4.79 Å². The summed E-state index contributed by atoms with van der Waals surface area (Å²) in [6.45, 7) is 4.47. The number of hydrazine groups is 1. The van der Waals surface area contributed by atoms with Crippen molar-refractivity contribution in [3.05, 3.63) is 0 Å². The molecule has 0 saturated carbocycles. The average Bonchev–Trinajstić information content (AvgIpc) is 1.76. The second-order valence-electron chi connectivity index (χ2n) is 2.52. The van der Waals surface area contributed by atoms with Gasteiger partial charge < -0.3 is 5.73 Å². The van der Waals surface area contributed by atoms with Gasteiger partial charge in [0, 0.05) is 19.6 Å². The molecule has 58 valence electrons. The Morgan fingerprint density at radius 2 is 2.40 bits per heavy atom. The van der Waals surface area contributed by atoms with E-state index in [-0.39, 0.29) is 11.8 Å². The first-order chi connectivity index (χ1) is 4.74. The summed E-state index contributed by atoms with van der Waals surface area (Å²) in [6, 6.07) is 0. The molecule has 4 heteroatoms. The second kappa shape index (κ2) is 2.98. The van der Waals surface area contributed by atoms with Crippen molar-refractivity contribution in [1.29, 1.82) is 0 Å². The van der Waals surface area contributed by atoms with Gasteiger partial charge in [-0.05, 0) is 0 Å². The van der Waals surface area contributed by atoms with Gasteiger partial charge in [-0.3, -0.25) is 10.2 Å². The molecule has 0 aromatic heterocycles. The van der Waals surface area contributed by atoms with E-state index in [0.717, 1.165) is 19.6 Å². The van der Waals surface area contributed by atoms with Crippen LogP contribution in [0.3, 0.4) is 0 Å². The van der Waals surface area contributed by atoms with Crippen molar-refractivity contribution in [3.63, 3.8) is 0 Å². The van der Waals surface area contributed by atoms with Crippen molar-refractivity contribution >= 4 is 5.91 Å². The zero-order valence-corrected chi connectivity index (χ0v) is 6.13. The van der Waals surface area contributed by atoms with Crippen molar-refractivity contribution in [3.8, 4) is 0 Å². The quantitative estimate of drug-likeness (QED) is 0.529. The minimum absolute atomic E-state index is 0.0686. The molecule has 0 spiro atoms. The largest absolute Gasteiger partial charge is 0.369 e. The molecule has 4 nitrogen and oxygen atoms in total. The van der Waals surface area contributed by atoms with Gasteiger partial charge >= 0.3 is 0 Å². The number of carbonyl (C=O) groups is 1. The molecule has 10 heavy (non-hydrogen) atoms. The Hall–Kier alpha value is -0.610. The highest BCUT2D eigenvalue weighted by atomic mass is 16.1. The number of nitrogens with zero attached hydrogens (tertiary/aromatic N) is 1. The van der Waals surface area contributed by atoms with Gasteiger partial charge in [-0.15, -0.1) is 0 Å². The number of carbonyl (C=O) groups excluding carboxylic acids is 1. The number of hydrogen-bond donors (Lipinski definition) is 2. The van der Waals surface area contributed by atoms with Crippen LogP contribution in [0, 0.1) is 5.92 Å². The minimum Gasteiger partial charge on any atom is -0.369 e. The Kier molecular flexibility index (Phi) is 2.24. The fraction of sp³-hybridized carbons (Fsp3) is 0.833. The highest BCUT2D eigenvalue weighted by molar-refractivity contribution is 5.77. The van der Waals surface area contributed by atoms with Gasteiger partial charge in [0.15, 0.2) is 0 Å². The van der Waals surface area contributed by atoms with E-state index in [4.69, 9.17) is 5.73 Å². The molecule has 0 aliphatic carbocycles. The van der Waals surface area contributed by atoms with E-state index in [1.54, 1.807) is 0 Å². The van der Waals surface area contributed by atoms with Crippen LogP contribution in [-0.4, -0.2) is 30.6 Å². The summed E-state index contributed by atoms with van der Waals surface area (Å²) < 4.78 is 0. The predicted molar refractivity (Wildman–Crippen MR) is 37.9 cm³/mol. The summed E-state index contributed by atoms with van der Waals surface area (Å²) in [5, 5.41) is 2.00. The summed E-state index contributed by atoms with van der Waals surface area (Å²) in [4.78, 5) is 10.5. The van der Waals surface area contributed by atoms with Crippen LogP contribution in [0.1, 0.15) is 6.92 Å². The molecule has 0 aromatic carbocycles. The highest BCUT2D eigenvalue weighted by Crippen LogP contribution is 2.10. The third-order valence-electron chi connectivity index (χ3n) is 1.67. The van der Waals surface area contributed by atoms with Crippen LogP contribution >= 0.6 is 0 Å². The molecule has 3 N–H and O–H groups in total. The van der Waals surface area contributed by atoms with Crippen LogP contribution in [0.15, 0.2) is 0 Å². The maximum Gasteiger partial charge on any atom is 0.223 e. The molecule has 0 aromatic rings. The molecular weight excluding hydrogens is 130 g/mol. The highest BCUT2D eigenvalue weighted by Gasteiger charge is 2.30. The third kappa shape index (κ3) is 1.46. The standard InChI is InChI=1S/C6H13N3O/c1-2-8-9-3-5(4-9)6(7)10/h5,8H,2-4H2,1H3,(H2,7,10). The van der Waals surface area contributed by atoms with Crippen LogP contribution < -0.4 is 11.2 Å². The summed E-state index contributed by atoms with van der Waals surface area (Å²) in [5.41, 5.74) is 8.16. The molecule has 1 amide bonds. The Bertz CT molecular complexity index is 131. The Morgan fingerprint density at radius 3 is 2.80 bits per heavy atom. The first kappa shape index (κ1) is 7.50. The van der Waals surface area contributed by atoms with E-state index in [2.05, 4.69) is 5.43 Å². The lowest BCUT2D eigenvalue weighted by molar-refractivity contribution is -0.128. The van der Waals surface area contributed by atoms with Gasteiger partial charge in [-0.2, -0.15) is 0 Å². The van der Waals surface area contributed by atoms with E-state index >= 15 is 0 Å². The fourth-order valence-corrected chi connectivity index (χ4v) is 1.01. The number of amides is 1. The summed E-state index contributed by atoms with van der Waals surface area (Å²) >= 11 is 0. The van der Waals surface area contributed by atoms with E-state index in [1.165, 1.54) is 0 Å². The molecule has 1 heterocycles. The van der Waals surface area contributed by atoms with Crippen molar-refractivity contribution in [1.82, 2.24) is 10.4 Å². The predicted octanol–water partition coefficient (Wildman–Crippen LogP) is -1.07. The maximum atomic E-state index is 10.5. The normalized spacial score (nSPS) is 20.5. The van der Waals surface area contributed by atoms with Crippen molar-refractivity contribution in [2.75, 3.05) is 19.6 Å². The monoisotopic (exact) mass is 143 g/mol. The second-order valence-corrected chi connectivity index (χ2v) is 2.52. The van der Waals surface area contributed by atoms with Crippen LogP contribution in [-0.2, 0) is 4.79 Å². The van der Waals surface area contributed by atoms with Crippen LogP contribution in [0.2, 0.25) is 0 Å². The molecule has 1 aliphatic rings. The van der Waals surface area contributed by atoms with Gasteiger partial charge in [0.1, 0.15) is 0 Å². The maximum absolute atomic E-state index is 10.5. The zero-order valence-electron chi connectivity index (χ0n) is 6.13. The molecule has 1 aliphatic heterocycles. The third-order valence-corrected chi connectivity index (χ3v) is 1.67. The molecular formula is C6H13N3O. The molecule has 0 bridgehead atoms. The molecule has 0 unspecified atom stereocenters. The van der Waals surface area contributed by atoms with Gasteiger partial charge in [0.2, 0.25) is 5.91 Å².